The van der Waals surface area contributed by atoms with Crippen molar-refractivity contribution in [2.24, 2.45) is 0 Å². The fourth-order valence-electron chi connectivity index (χ4n) is 3.76. The van der Waals surface area contributed by atoms with Crippen molar-refractivity contribution in [2.75, 3.05) is 13.2 Å². The van der Waals surface area contributed by atoms with Gasteiger partial charge in [-0.15, -0.1) is 0 Å². The predicted octanol–water partition coefficient (Wildman–Crippen LogP) is 6.92. The highest BCUT2D eigenvalue weighted by Crippen LogP contribution is 2.30. The number of aryl methyl sites for hydroxylation is 1. The molecule has 0 aromatic heterocycles. The van der Waals surface area contributed by atoms with Gasteiger partial charge in [0.1, 0.15) is 0 Å². The Labute approximate surface area is 184 Å². The zero-order valence-corrected chi connectivity index (χ0v) is 18.7. The van der Waals surface area contributed by atoms with Crippen LogP contribution in [0.1, 0.15) is 75.0 Å². The van der Waals surface area contributed by atoms with E-state index in [9.17, 15) is 8.78 Å². The maximum absolute atomic E-state index is 14.3. The molecule has 1 fully saturated rings. The van der Waals surface area contributed by atoms with E-state index in [1.807, 2.05) is 6.92 Å². The molecule has 0 amide bonds. The molecule has 3 rings (SSSR count). The SMILES string of the molecule is CCCCOc1ccc(COC2CCC(c3ccc(CCCC)cc3)CO2)c(F)c1F. The van der Waals surface area contributed by atoms with Gasteiger partial charge in [0.05, 0.1) is 19.8 Å². The Morgan fingerprint density at radius 1 is 0.935 bits per heavy atom. The summed E-state index contributed by atoms with van der Waals surface area (Å²) in [6, 6.07) is 11.8. The van der Waals surface area contributed by atoms with Crippen LogP contribution in [0.25, 0.3) is 0 Å². The molecular formula is C26H34F2O3. The lowest BCUT2D eigenvalue weighted by Gasteiger charge is -2.29. The summed E-state index contributed by atoms with van der Waals surface area (Å²) in [7, 11) is 0. The number of benzene rings is 2. The van der Waals surface area contributed by atoms with Crippen molar-refractivity contribution in [3.63, 3.8) is 0 Å². The van der Waals surface area contributed by atoms with Crippen LogP contribution in [0.3, 0.4) is 0 Å². The average Bonchev–Trinajstić information content (AvgIpc) is 2.81. The smallest absolute Gasteiger partial charge is 0.200 e. The quantitative estimate of drug-likeness (QED) is 0.361. The monoisotopic (exact) mass is 432 g/mol. The minimum absolute atomic E-state index is 0.0283. The van der Waals surface area contributed by atoms with Crippen molar-refractivity contribution < 1.29 is 23.0 Å². The molecule has 170 valence electrons. The van der Waals surface area contributed by atoms with Crippen LogP contribution in [0.2, 0.25) is 0 Å². The van der Waals surface area contributed by atoms with E-state index < -0.39 is 17.9 Å². The molecule has 0 radical (unpaired) electrons. The first-order valence-electron chi connectivity index (χ1n) is 11.5. The van der Waals surface area contributed by atoms with Crippen molar-refractivity contribution in [2.45, 2.75) is 77.6 Å². The van der Waals surface area contributed by atoms with Crippen molar-refractivity contribution in [1.82, 2.24) is 0 Å². The molecule has 5 heteroatoms. The average molecular weight is 433 g/mol. The zero-order valence-electron chi connectivity index (χ0n) is 18.7. The number of rotatable bonds is 11. The summed E-state index contributed by atoms with van der Waals surface area (Å²) >= 11 is 0. The number of hydrogen-bond donors (Lipinski definition) is 0. The van der Waals surface area contributed by atoms with Gasteiger partial charge in [-0.25, -0.2) is 4.39 Å². The van der Waals surface area contributed by atoms with Crippen molar-refractivity contribution in [3.05, 3.63) is 64.7 Å². The summed E-state index contributed by atoms with van der Waals surface area (Å²) < 4.78 is 45.4. The third-order valence-electron chi connectivity index (χ3n) is 5.81. The molecule has 2 atom stereocenters. The maximum Gasteiger partial charge on any atom is 0.200 e. The van der Waals surface area contributed by atoms with Gasteiger partial charge in [-0.2, -0.15) is 4.39 Å². The van der Waals surface area contributed by atoms with E-state index in [2.05, 4.69) is 31.2 Å². The number of hydrogen-bond acceptors (Lipinski definition) is 3. The molecule has 3 nitrogen and oxygen atoms in total. The van der Waals surface area contributed by atoms with E-state index in [1.54, 1.807) is 0 Å². The Kier molecular flexibility index (Phi) is 9.29. The second kappa shape index (κ2) is 12.2. The van der Waals surface area contributed by atoms with Crippen molar-refractivity contribution >= 4 is 0 Å². The van der Waals surface area contributed by atoms with Gasteiger partial charge in [0, 0.05) is 11.5 Å². The van der Waals surface area contributed by atoms with Gasteiger partial charge in [-0.05, 0) is 55.4 Å². The molecule has 1 aliphatic rings. The molecule has 2 unspecified atom stereocenters. The van der Waals surface area contributed by atoms with Crippen LogP contribution in [0, 0.1) is 11.6 Å². The van der Waals surface area contributed by atoms with Crippen LogP contribution in [0.4, 0.5) is 8.78 Å². The molecular weight excluding hydrogens is 398 g/mol. The summed E-state index contributed by atoms with van der Waals surface area (Å²) in [6.45, 7) is 5.14. The van der Waals surface area contributed by atoms with Crippen LogP contribution in [0.5, 0.6) is 5.75 Å². The standard InChI is InChI=1S/C26H34F2O3/c1-3-5-7-19-8-10-20(11-9-19)21-13-15-24(30-17-21)31-18-22-12-14-23(26(28)25(22)27)29-16-6-4-2/h8-12,14,21,24H,3-7,13,15-18H2,1-2H3. The topological polar surface area (TPSA) is 27.7 Å². The van der Waals surface area contributed by atoms with Gasteiger partial charge < -0.3 is 14.2 Å². The summed E-state index contributed by atoms with van der Waals surface area (Å²) in [4.78, 5) is 0. The van der Waals surface area contributed by atoms with Gasteiger partial charge in [0.2, 0.25) is 5.82 Å². The van der Waals surface area contributed by atoms with E-state index >= 15 is 0 Å². The van der Waals surface area contributed by atoms with E-state index in [-0.39, 0.29) is 17.9 Å². The second-order valence-electron chi connectivity index (χ2n) is 8.25. The second-order valence-corrected chi connectivity index (χ2v) is 8.25. The summed E-state index contributed by atoms with van der Waals surface area (Å²) in [5.74, 6) is -1.57. The molecule has 0 N–H and O–H groups in total. The minimum atomic E-state index is -0.954. The first-order chi connectivity index (χ1) is 15.1. The molecule has 2 aromatic rings. The molecule has 0 bridgehead atoms. The van der Waals surface area contributed by atoms with Gasteiger partial charge in [-0.1, -0.05) is 51.0 Å². The molecule has 1 aliphatic heterocycles. The lowest BCUT2D eigenvalue weighted by atomic mass is 9.92. The molecule has 31 heavy (non-hydrogen) atoms. The molecule has 1 heterocycles. The number of ether oxygens (including phenoxy) is 3. The van der Waals surface area contributed by atoms with Crippen LogP contribution in [-0.4, -0.2) is 19.5 Å². The first kappa shape index (κ1) is 23.7. The van der Waals surface area contributed by atoms with Crippen LogP contribution in [0.15, 0.2) is 36.4 Å². The third-order valence-corrected chi connectivity index (χ3v) is 5.81. The Bertz CT molecular complexity index is 799. The number of unbranched alkanes of at least 4 members (excludes halogenated alkanes) is 2. The van der Waals surface area contributed by atoms with Crippen LogP contribution >= 0.6 is 0 Å². The Balaban J connectivity index is 1.46. The fourth-order valence-corrected chi connectivity index (χ4v) is 3.76. The molecule has 1 saturated heterocycles. The van der Waals surface area contributed by atoms with Gasteiger partial charge in [0.25, 0.3) is 0 Å². The van der Waals surface area contributed by atoms with Gasteiger partial charge in [-0.3, -0.25) is 0 Å². The fraction of sp³-hybridized carbons (Fsp3) is 0.538. The lowest BCUT2D eigenvalue weighted by Crippen LogP contribution is -2.27. The molecule has 2 aromatic carbocycles. The van der Waals surface area contributed by atoms with E-state index in [0.717, 1.165) is 32.1 Å². The molecule has 0 spiro atoms. The largest absolute Gasteiger partial charge is 0.490 e. The Morgan fingerprint density at radius 2 is 1.71 bits per heavy atom. The first-order valence-corrected chi connectivity index (χ1v) is 11.5. The summed E-state index contributed by atoms with van der Waals surface area (Å²) in [5, 5.41) is 0. The van der Waals surface area contributed by atoms with E-state index in [4.69, 9.17) is 14.2 Å². The van der Waals surface area contributed by atoms with Gasteiger partial charge in [0.15, 0.2) is 17.9 Å². The van der Waals surface area contributed by atoms with Crippen molar-refractivity contribution in [3.8, 4) is 5.75 Å². The number of halogens is 2. The Morgan fingerprint density at radius 3 is 2.39 bits per heavy atom. The normalized spacial score (nSPS) is 18.8. The molecule has 0 aliphatic carbocycles. The Hall–Kier alpha value is -1.98. The highest BCUT2D eigenvalue weighted by atomic mass is 19.2. The lowest BCUT2D eigenvalue weighted by molar-refractivity contribution is -0.174. The summed E-state index contributed by atoms with van der Waals surface area (Å²) in [5.41, 5.74) is 2.83. The molecule has 0 saturated carbocycles. The van der Waals surface area contributed by atoms with Crippen LogP contribution in [-0.2, 0) is 22.5 Å². The van der Waals surface area contributed by atoms with Gasteiger partial charge >= 0.3 is 0 Å². The third kappa shape index (κ3) is 6.75. The minimum Gasteiger partial charge on any atom is -0.490 e. The predicted molar refractivity (Wildman–Crippen MR) is 118 cm³/mol. The highest BCUT2D eigenvalue weighted by molar-refractivity contribution is 5.31. The van der Waals surface area contributed by atoms with Crippen LogP contribution < -0.4 is 4.74 Å². The summed E-state index contributed by atoms with van der Waals surface area (Å²) in [6.07, 6.45) is 6.54. The van der Waals surface area contributed by atoms with Crippen molar-refractivity contribution in [1.29, 1.82) is 0 Å². The zero-order chi connectivity index (χ0) is 22.1. The maximum atomic E-state index is 14.3. The van der Waals surface area contributed by atoms with E-state index in [1.165, 1.54) is 36.1 Å². The van der Waals surface area contributed by atoms with E-state index in [0.29, 0.717) is 19.1 Å². The highest BCUT2D eigenvalue weighted by Gasteiger charge is 2.24.